The summed E-state index contributed by atoms with van der Waals surface area (Å²) in [7, 11) is 0. The number of phenolic OH excluding ortho intramolecular Hbond substituents is 1. The third kappa shape index (κ3) is 6.43. The zero-order valence-corrected chi connectivity index (χ0v) is 20.0. The maximum Gasteiger partial charge on any atom is 0.414 e. The number of carbonyl (C=O) groups is 2. The molecule has 1 atom stereocenters. The van der Waals surface area contributed by atoms with Crippen molar-refractivity contribution >= 4 is 41.0 Å². The molecular formula is C23H27Cl2NO6. The summed E-state index contributed by atoms with van der Waals surface area (Å²) in [6, 6.07) is 7.79. The van der Waals surface area contributed by atoms with Crippen molar-refractivity contribution in [3.63, 3.8) is 0 Å². The highest BCUT2D eigenvalue weighted by atomic mass is 35.5. The van der Waals surface area contributed by atoms with Gasteiger partial charge in [0.25, 0.3) is 0 Å². The van der Waals surface area contributed by atoms with Crippen LogP contribution in [0.3, 0.4) is 0 Å². The van der Waals surface area contributed by atoms with Crippen molar-refractivity contribution in [2.45, 2.75) is 40.0 Å². The lowest BCUT2D eigenvalue weighted by Crippen LogP contribution is -2.37. The number of esters is 1. The van der Waals surface area contributed by atoms with Crippen LogP contribution in [0, 0.1) is 0 Å². The number of hydrogen-bond acceptors (Lipinski definition) is 6. The molecule has 1 unspecified atom stereocenters. The van der Waals surface area contributed by atoms with E-state index in [2.05, 4.69) is 0 Å². The van der Waals surface area contributed by atoms with Gasteiger partial charge in [0.05, 0.1) is 28.9 Å². The van der Waals surface area contributed by atoms with E-state index in [1.807, 2.05) is 13.8 Å². The van der Waals surface area contributed by atoms with Gasteiger partial charge in [-0.15, -0.1) is 0 Å². The molecule has 2 aromatic rings. The van der Waals surface area contributed by atoms with Gasteiger partial charge in [-0.25, -0.2) is 4.79 Å². The molecule has 32 heavy (non-hydrogen) atoms. The lowest BCUT2D eigenvalue weighted by Gasteiger charge is -2.22. The minimum atomic E-state index is -0.738. The summed E-state index contributed by atoms with van der Waals surface area (Å²) in [5.74, 6) is 0.340. The van der Waals surface area contributed by atoms with Crippen molar-refractivity contribution in [3.05, 3.63) is 45.9 Å². The second-order valence-electron chi connectivity index (χ2n) is 6.96. The standard InChI is InChI=1S/C23H27Cl2NO6/c1-5-14(4)17-12-16(8-9-20(17)27)32-22-18(24)10-15(11-19(22)25)26(23(29)31-7-3)13-21(28)30-6-2/h8-12,14,27H,5-7,13H2,1-4H3. The SMILES string of the molecule is CCOC(=O)CN(C(=O)OCC)c1cc(Cl)c(Oc2ccc(O)c(C(C)CC)c2)c(Cl)c1. The molecular weight excluding hydrogens is 457 g/mol. The van der Waals surface area contributed by atoms with Gasteiger partial charge >= 0.3 is 12.1 Å². The van der Waals surface area contributed by atoms with Crippen LogP contribution < -0.4 is 9.64 Å². The number of anilines is 1. The topological polar surface area (TPSA) is 85.3 Å². The maximum atomic E-state index is 12.4. The van der Waals surface area contributed by atoms with Crippen molar-refractivity contribution in [3.8, 4) is 17.2 Å². The van der Waals surface area contributed by atoms with Gasteiger partial charge in [-0.2, -0.15) is 0 Å². The van der Waals surface area contributed by atoms with Crippen LogP contribution in [0.1, 0.15) is 45.6 Å². The molecule has 9 heteroatoms. The highest BCUT2D eigenvalue weighted by Gasteiger charge is 2.24. The minimum Gasteiger partial charge on any atom is -0.508 e. The molecule has 0 aliphatic rings. The van der Waals surface area contributed by atoms with Crippen LogP contribution >= 0.6 is 23.2 Å². The van der Waals surface area contributed by atoms with Crippen molar-refractivity contribution in [1.29, 1.82) is 0 Å². The molecule has 0 aliphatic heterocycles. The number of carbonyl (C=O) groups excluding carboxylic acids is 2. The Hall–Kier alpha value is -2.64. The Morgan fingerprint density at radius 1 is 1.03 bits per heavy atom. The molecule has 2 aromatic carbocycles. The van der Waals surface area contributed by atoms with E-state index in [0.29, 0.717) is 5.75 Å². The van der Waals surface area contributed by atoms with Crippen LogP contribution in [-0.2, 0) is 14.3 Å². The third-order valence-electron chi connectivity index (χ3n) is 4.74. The van der Waals surface area contributed by atoms with Crippen LogP contribution in [0.4, 0.5) is 10.5 Å². The lowest BCUT2D eigenvalue weighted by molar-refractivity contribution is -0.141. The first kappa shape index (κ1) is 25.6. The number of benzene rings is 2. The Bertz CT molecular complexity index is 942. The van der Waals surface area contributed by atoms with E-state index in [9.17, 15) is 14.7 Å². The molecule has 0 spiro atoms. The molecule has 0 saturated carbocycles. The second kappa shape index (κ2) is 11.8. The molecule has 0 saturated heterocycles. The van der Waals surface area contributed by atoms with Gasteiger partial charge in [0.15, 0.2) is 5.75 Å². The number of ether oxygens (including phenoxy) is 3. The van der Waals surface area contributed by atoms with E-state index >= 15 is 0 Å². The van der Waals surface area contributed by atoms with Crippen molar-refractivity contribution < 1.29 is 28.9 Å². The highest BCUT2D eigenvalue weighted by molar-refractivity contribution is 6.37. The fraction of sp³-hybridized carbons (Fsp3) is 0.391. The number of aromatic hydroxyl groups is 1. The number of amides is 1. The first-order chi connectivity index (χ1) is 15.2. The van der Waals surface area contributed by atoms with E-state index in [-0.39, 0.29) is 52.9 Å². The Morgan fingerprint density at radius 3 is 2.22 bits per heavy atom. The van der Waals surface area contributed by atoms with Crippen molar-refractivity contribution in [2.75, 3.05) is 24.7 Å². The minimum absolute atomic E-state index is 0.125. The molecule has 2 rings (SSSR count). The Kier molecular flexibility index (Phi) is 9.47. The molecule has 174 valence electrons. The van der Waals surface area contributed by atoms with Gasteiger partial charge < -0.3 is 19.3 Å². The Balaban J connectivity index is 2.37. The van der Waals surface area contributed by atoms with E-state index in [0.717, 1.165) is 16.9 Å². The van der Waals surface area contributed by atoms with Crippen LogP contribution in [0.2, 0.25) is 10.0 Å². The molecule has 0 fully saturated rings. The normalized spacial score (nSPS) is 11.6. The Morgan fingerprint density at radius 2 is 1.66 bits per heavy atom. The summed E-state index contributed by atoms with van der Waals surface area (Å²) in [5, 5.41) is 10.4. The summed E-state index contributed by atoms with van der Waals surface area (Å²) in [6.45, 7) is 7.28. The first-order valence-electron chi connectivity index (χ1n) is 10.3. The molecule has 0 radical (unpaired) electrons. The van der Waals surface area contributed by atoms with E-state index in [4.69, 9.17) is 37.4 Å². The average Bonchev–Trinajstić information content (AvgIpc) is 2.75. The summed E-state index contributed by atoms with van der Waals surface area (Å²) in [5.41, 5.74) is 1.00. The van der Waals surface area contributed by atoms with Gasteiger partial charge in [-0.05, 0) is 56.5 Å². The second-order valence-corrected chi connectivity index (χ2v) is 7.78. The predicted octanol–water partition coefficient (Wildman–Crippen LogP) is 6.53. The summed E-state index contributed by atoms with van der Waals surface area (Å²) < 4.78 is 15.9. The third-order valence-corrected chi connectivity index (χ3v) is 5.30. The highest BCUT2D eigenvalue weighted by Crippen LogP contribution is 2.41. The molecule has 1 amide bonds. The molecule has 0 heterocycles. The van der Waals surface area contributed by atoms with E-state index in [1.165, 1.54) is 12.1 Å². The molecule has 0 aromatic heterocycles. The van der Waals surface area contributed by atoms with Gasteiger partial charge in [0.1, 0.15) is 18.0 Å². The molecule has 1 N–H and O–H groups in total. The van der Waals surface area contributed by atoms with Gasteiger partial charge in [0, 0.05) is 5.56 Å². The number of phenols is 1. The maximum absolute atomic E-state index is 12.4. The molecule has 7 nitrogen and oxygen atoms in total. The van der Waals surface area contributed by atoms with Crippen LogP contribution in [-0.4, -0.2) is 36.9 Å². The summed E-state index contributed by atoms with van der Waals surface area (Å²) in [4.78, 5) is 25.5. The van der Waals surface area contributed by atoms with Gasteiger partial charge in [0.2, 0.25) is 0 Å². The first-order valence-corrected chi connectivity index (χ1v) is 11.1. The lowest BCUT2D eigenvalue weighted by atomic mass is 9.97. The number of rotatable bonds is 9. The van der Waals surface area contributed by atoms with Gasteiger partial charge in [-0.3, -0.25) is 9.69 Å². The van der Waals surface area contributed by atoms with E-state index in [1.54, 1.807) is 32.0 Å². The monoisotopic (exact) mass is 483 g/mol. The predicted molar refractivity (Wildman–Crippen MR) is 124 cm³/mol. The smallest absolute Gasteiger partial charge is 0.414 e. The van der Waals surface area contributed by atoms with Crippen molar-refractivity contribution in [1.82, 2.24) is 0 Å². The molecule has 0 bridgehead atoms. The fourth-order valence-electron chi connectivity index (χ4n) is 2.93. The number of nitrogens with zero attached hydrogens (tertiary/aromatic N) is 1. The largest absolute Gasteiger partial charge is 0.508 e. The van der Waals surface area contributed by atoms with Crippen LogP contribution in [0.15, 0.2) is 30.3 Å². The van der Waals surface area contributed by atoms with Crippen LogP contribution in [0.5, 0.6) is 17.2 Å². The molecule has 0 aliphatic carbocycles. The summed E-state index contributed by atoms with van der Waals surface area (Å²) in [6.07, 6.45) is 0.107. The number of hydrogen-bond donors (Lipinski definition) is 1. The Labute approximate surface area is 197 Å². The average molecular weight is 484 g/mol. The van der Waals surface area contributed by atoms with Gasteiger partial charge in [-0.1, -0.05) is 37.0 Å². The number of halogens is 2. The van der Waals surface area contributed by atoms with Crippen molar-refractivity contribution in [2.24, 2.45) is 0 Å². The zero-order chi connectivity index (χ0) is 23.8. The fourth-order valence-corrected chi connectivity index (χ4v) is 3.48. The zero-order valence-electron chi connectivity index (χ0n) is 18.5. The van der Waals surface area contributed by atoms with E-state index < -0.39 is 12.1 Å². The summed E-state index contributed by atoms with van der Waals surface area (Å²) >= 11 is 12.8. The van der Waals surface area contributed by atoms with Crippen LogP contribution in [0.25, 0.3) is 0 Å². The quantitative estimate of drug-likeness (QED) is 0.408.